The summed E-state index contributed by atoms with van der Waals surface area (Å²) in [5.74, 6) is 2.24. The van der Waals surface area contributed by atoms with Gasteiger partial charge in [-0.1, -0.05) is 29.8 Å². The van der Waals surface area contributed by atoms with E-state index < -0.39 is 0 Å². The first kappa shape index (κ1) is 19.3. The zero-order valence-electron chi connectivity index (χ0n) is 15.3. The lowest BCUT2D eigenvalue weighted by Gasteiger charge is -2.26. The molecule has 6 heteroatoms. The number of piperidine rings is 1. The fourth-order valence-corrected chi connectivity index (χ4v) is 3.95. The molecular formula is C20H29ClN4O. The Morgan fingerprint density at radius 3 is 2.88 bits per heavy atom. The molecule has 1 N–H and O–H groups in total. The molecule has 1 unspecified atom stereocenters. The van der Waals surface area contributed by atoms with Crippen LogP contribution < -0.4 is 5.32 Å². The van der Waals surface area contributed by atoms with Crippen LogP contribution >= 0.6 is 12.4 Å². The van der Waals surface area contributed by atoms with Crippen LogP contribution in [0.4, 0.5) is 0 Å². The topological polar surface area (TPSA) is 54.2 Å². The largest absolute Gasteiger partial charge is 0.339 e. The van der Waals surface area contributed by atoms with Crippen molar-refractivity contribution in [1.29, 1.82) is 0 Å². The molecule has 1 aromatic heterocycles. The van der Waals surface area contributed by atoms with Crippen LogP contribution in [-0.4, -0.2) is 41.2 Å². The lowest BCUT2D eigenvalue weighted by molar-refractivity contribution is 0.221. The molecule has 2 aliphatic rings. The predicted octanol–water partition coefficient (Wildman–Crippen LogP) is 3.69. The third-order valence-electron chi connectivity index (χ3n) is 5.44. The van der Waals surface area contributed by atoms with Gasteiger partial charge in [-0.3, -0.25) is 4.90 Å². The van der Waals surface area contributed by atoms with Gasteiger partial charge in [0, 0.05) is 18.5 Å². The number of rotatable bonds is 6. The third-order valence-corrected chi connectivity index (χ3v) is 5.44. The highest BCUT2D eigenvalue weighted by Crippen LogP contribution is 2.21. The molecule has 0 aliphatic carbocycles. The lowest BCUT2D eigenvalue weighted by Crippen LogP contribution is -2.29. The minimum Gasteiger partial charge on any atom is -0.339 e. The summed E-state index contributed by atoms with van der Waals surface area (Å²) in [6.45, 7) is 5.72. The fourth-order valence-electron chi connectivity index (χ4n) is 3.95. The number of aryl methyl sites for hydroxylation is 1. The van der Waals surface area contributed by atoms with Crippen molar-refractivity contribution in [2.75, 3.05) is 26.2 Å². The highest BCUT2D eigenvalue weighted by Gasteiger charge is 2.17. The number of nitrogens with zero attached hydrogens (tertiary/aromatic N) is 3. The molecular weight excluding hydrogens is 348 g/mol. The molecule has 2 saturated heterocycles. The number of likely N-dealkylation sites (tertiary alicyclic amines) is 1. The average Bonchev–Trinajstić information content (AvgIpc) is 3.33. The van der Waals surface area contributed by atoms with Gasteiger partial charge in [-0.15, -0.1) is 12.4 Å². The monoisotopic (exact) mass is 376 g/mol. The van der Waals surface area contributed by atoms with Crippen molar-refractivity contribution >= 4 is 12.4 Å². The van der Waals surface area contributed by atoms with Crippen molar-refractivity contribution in [2.24, 2.45) is 5.92 Å². The summed E-state index contributed by atoms with van der Waals surface area (Å²) in [5, 5.41) is 7.61. The Bertz CT molecular complexity index is 678. The molecule has 0 spiro atoms. The molecule has 2 aromatic rings. The Kier molecular flexibility index (Phi) is 7.06. The van der Waals surface area contributed by atoms with Gasteiger partial charge in [0.1, 0.15) is 0 Å². The van der Waals surface area contributed by atoms with Gasteiger partial charge < -0.3 is 9.84 Å². The van der Waals surface area contributed by atoms with E-state index in [2.05, 4.69) is 44.6 Å². The van der Waals surface area contributed by atoms with Crippen LogP contribution in [0.2, 0.25) is 0 Å². The van der Waals surface area contributed by atoms with E-state index >= 15 is 0 Å². The van der Waals surface area contributed by atoms with Crippen LogP contribution in [0.1, 0.15) is 43.6 Å². The molecule has 0 radical (unpaired) electrons. The Morgan fingerprint density at radius 2 is 2.08 bits per heavy atom. The second kappa shape index (κ2) is 9.49. The second-order valence-corrected chi connectivity index (χ2v) is 7.45. The lowest BCUT2D eigenvalue weighted by atomic mass is 10.0. The van der Waals surface area contributed by atoms with E-state index in [9.17, 15) is 0 Å². The predicted molar refractivity (Wildman–Crippen MR) is 105 cm³/mol. The maximum atomic E-state index is 5.48. The van der Waals surface area contributed by atoms with E-state index in [1.165, 1.54) is 44.3 Å². The highest BCUT2D eigenvalue weighted by atomic mass is 35.5. The van der Waals surface area contributed by atoms with Crippen LogP contribution in [0.15, 0.2) is 28.8 Å². The second-order valence-electron chi connectivity index (χ2n) is 7.45. The van der Waals surface area contributed by atoms with Crippen LogP contribution in [0, 0.1) is 5.92 Å². The molecule has 2 aliphatic heterocycles. The highest BCUT2D eigenvalue weighted by molar-refractivity contribution is 5.85. The molecule has 1 atom stereocenters. The molecule has 2 fully saturated rings. The van der Waals surface area contributed by atoms with Crippen LogP contribution in [0.3, 0.4) is 0 Å². The first-order valence-corrected chi connectivity index (χ1v) is 9.72. The summed E-state index contributed by atoms with van der Waals surface area (Å²) in [6.07, 6.45) is 7.30. The van der Waals surface area contributed by atoms with Crippen LogP contribution in [0.25, 0.3) is 11.4 Å². The van der Waals surface area contributed by atoms with Crippen LogP contribution in [-0.2, 0) is 13.0 Å². The smallest absolute Gasteiger partial charge is 0.226 e. The van der Waals surface area contributed by atoms with Crippen molar-refractivity contribution in [2.45, 2.75) is 45.1 Å². The average molecular weight is 377 g/mol. The molecule has 1 aromatic carbocycles. The van der Waals surface area contributed by atoms with Gasteiger partial charge in [0.2, 0.25) is 11.7 Å². The maximum absolute atomic E-state index is 5.48. The SMILES string of the molecule is Cl.c1cc(CN2CCCCC2)cc(-c2noc(CCC3CCNC3)n2)c1. The summed E-state index contributed by atoms with van der Waals surface area (Å²) in [6, 6.07) is 8.60. The molecule has 0 bridgehead atoms. The summed E-state index contributed by atoms with van der Waals surface area (Å²) < 4.78 is 5.48. The van der Waals surface area contributed by atoms with Gasteiger partial charge >= 0.3 is 0 Å². The molecule has 4 rings (SSSR count). The van der Waals surface area contributed by atoms with Gasteiger partial charge in [0.05, 0.1) is 0 Å². The van der Waals surface area contributed by atoms with Crippen molar-refractivity contribution in [3.63, 3.8) is 0 Å². The Morgan fingerprint density at radius 1 is 1.19 bits per heavy atom. The summed E-state index contributed by atoms with van der Waals surface area (Å²) in [7, 11) is 0. The molecule has 26 heavy (non-hydrogen) atoms. The molecule has 0 saturated carbocycles. The van der Waals surface area contributed by atoms with Gasteiger partial charge in [0.25, 0.3) is 0 Å². The quantitative estimate of drug-likeness (QED) is 0.833. The first-order chi connectivity index (χ1) is 12.4. The van der Waals surface area contributed by atoms with Crippen LogP contribution in [0.5, 0.6) is 0 Å². The Balaban J connectivity index is 0.00000196. The standard InChI is InChI=1S/C20H28N4O.ClH/c1-2-11-24(12-3-1)15-17-5-4-6-18(13-17)20-22-19(25-23-20)8-7-16-9-10-21-14-16;/h4-6,13,16,21H,1-3,7-12,14-15H2;1H. The van der Waals surface area contributed by atoms with Gasteiger partial charge in [-0.2, -0.15) is 4.98 Å². The van der Waals surface area contributed by atoms with E-state index in [0.717, 1.165) is 55.7 Å². The van der Waals surface area contributed by atoms with Gasteiger partial charge in [-0.05, 0) is 69.4 Å². The molecule has 142 valence electrons. The third kappa shape index (κ3) is 5.06. The van der Waals surface area contributed by atoms with Gasteiger partial charge in [-0.25, -0.2) is 0 Å². The summed E-state index contributed by atoms with van der Waals surface area (Å²) in [5.41, 5.74) is 2.40. The number of benzene rings is 1. The molecule has 3 heterocycles. The number of hydrogen-bond donors (Lipinski definition) is 1. The zero-order valence-corrected chi connectivity index (χ0v) is 16.1. The zero-order chi connectivity index (χ0) is 16.9. The summed E-state index contributed by atoms with van der Waals surface area (Å²) >= 11 is 0. The van der Waals surface area contributed by atoms with Gasteiger partial charge in [0.15, 0.2) is 0 Å². The van der Waals surface area contributed by atoms with E-state index in [-0.39, 0.29) is 12.4 Å². The molecule has 0 amide bonds. The number of aromatic nitrogens is 2. The number of halogens is 1. The van der Waals surface area contributed by atoms with Crippen molar-refractivity contribution in [1.82, 2.24) is 20.4 Å². The first-order valence-electron chi connectivity index (χ1n) is 9.72. The molecule has 5 nitrogen and oxygen atoms in total. The Labute approximate surface area is 162 Å². The number of hydrogen-bond acceptors (Lipinski definition) is 5. The fraction of sp³-hybridized carbons (Fsp3) is 0.600. The Hall–Kier alpha value is -1.43. The van der Waals surface area contributed by atoms with Crippen molar-refractivity contribution < 1.29 is 4.52 Å². The minimum atomic E-state index is 0. The van der Waals surface area contributed by atoms with E-state index in [0.29, 0.717) is 0 Å². The van der Waals surface area contributed by atoms with Crippen molar-refractivity contribution in [3.8, 4) is 11.4 Å². The maximum Gasteiger partial charge on any atom is 0.226 e. The van der Waals surface area contributed by atoms with E-state index in [4.69, 9.17) is 4.52 Å². The van der Waals surface area contributed by atoms with E-state index in [1.807, 2.05) is 0 Å². The van der Waals surface area contributed by atoms with E-state index in [1.54, 1.807) is 0 Å². The van der Waals surface area contributed by atoms with Crippen molar-refractivity contribution in [3.05, 3.63) is 35.7 Å². The summed E-state index contributed by atoms with van der Waals surface area (Å²) in [4.78, 5) is 7.16. The number of nitrogens with one attached hydrogen (secondary N) is 1. The normalized spacial score (nSPS) is 20.8. The minimum absolute atomic E-state index is 0.